The van der Waals surface area contributed by atoms with Crippen LogP contribution in [-0.2, 0) is 10.3 Å². The maximum Gasteiger partial charge on any atom is 0.250 e. The summed E-state index contributed by atoms with van der Waals surface area (Å²) in [5, 5.41) is 3.82. The van der Waals surface area contributed by atoms with E-state index in [1.54, 1.807) is 7.11 Å². The van der Waals surface area contributed by atoms with Crippen molar-refractivity contribution >= 4 is 6.08 Å². The number of hydrogen-bond acceptors (Lipinski definition) is 4. The highest BCUT2D eigenvalue weighted by molar-refractivity contribution is 5.32. The largest absolute Gasteiger partial charge is 0.370 e. The second-order valence-electron chi connectivity index (χ2n) is 2.95. The summed E-state index contributed by atoms with van der Waals surface area (Å²) >= 11 is 0. The van der Waals surface area contributed by atoms with Crippen molar-refractivity contribution in [3.05, 3.63) is 18.3 Å². The van der Waals surface area contributed by atoms with Crippen molar-refractivity contribution in [1.29, 1.82) is 0 Å². The van der Waals surface area contributed by atoms with Gasteiger partial charge in [0.15, 0.2) is 0 Å². The van der Waals surface area contributed by atoms with E-state index in [1.165, 1.54) is 6.08 Å². The molecule has 1 aromatic rings. The second kappa shape index (κ2) is 3.70. The highest BCUT2D eigenvalue weighted by atomic mass is 16.5. The third-order valence-corrected chi connectivity index (χ3v) is 2.21. The van der Waals surface area contributed by atoms with Crippen LogP contribution in [0.4, 0.5) is 0 Å². The Labute approximate surface area is 77.6 Å². The molecular weight excluding hydrogens is 168 g/mol. The zero-order valence-electron chi connectivity index (χ0n) is 8.20. The fourth-order valence-electron chi connectivity index (χ4n) is 0.927. The minimum Gasteiger partial charge on any atom is -0.370 e. The molecule has 4 nitrogen and oxygen atoms in total. The summed E-state index contributed by atoms with van der Waals surface area (Å²) in [4.78, 5) is 4.12. The van der Waals surface area contributed by atoms with Crippen molar-refractivity contribution in [1.82, 2.24) is 10.1 Å². The van der Waals surface area contributed by atoms with Gasteiger partial charge in [0.2, 0.25) is 11.7 Å². The van der Waals surface area contributed by atoms with Crippen molar-refractivity contribution in [3.63, 3.8) is 0 Å². The van der Waals surface area contributed by atoms with Crippen LogP contribution in [-0.4, -0.2) is 17.3 Å². The molecule has 13 heavy (non-hydrogen) atoms. The molecular formula is C9H14N2O2. The molecule has 0 N–H and O–H groups in total. The van der Waals surface area contributed by atoms with E-state index in [4.69, 9.17) is 9.26 Å². The molecule has 4 heteroatoms. The van der Waals surface area contributed by atoms with Gasteiger partial charge in [-0.2, -0.15) is 4.98 Å². The Morgan fingerprint density at radius 3 is 2.77 bits per heavy atom. The summed E-state index contributed by atoms with van der Waals surface area (Å²) < 4.78 is 10.2. The predicted molar refractivity (Wildman–Crippen MR) is 49.0 cm³/mol. The molecule has 1 aromatic heterocycles. The smallest absolute Gasteiger partial charge is 0.250 e. The Hall–Kier alpha value is -1.16. The van der Waals surface area contributed by atoms with E-state index < -0.39 is 5.60 Å². The maximum atomic E-state index is 5.31. The molecule has 0 bridgehead atoms. The Morgan fingerprint density at radius 2 is 2.38 bits per heavy atom. The van der Waals surface area contributed by atoms with Gasteiger partial charge in [0.1, 0.15) is 5.60 Å². The Bertz CT molecular complexity index is 290. The van der Waals surface area contributed by atoms with Crippen LogP contribution in [0.15, 0.2) is 11.1 Å². The summed E-state index contributed by atoms with van der Waals surface area (Å²) in [6.45, 7) is 7.47. The third kappa shape index (κ3) is 1.78. The SMILES string of the molecule is C=Cc1nc(C(C)(CC)OC)no1. The van der Waals surface area contributed by atoms with Crippen LogP contribution in [0.3, 0.4) is 0 Å². The van der Waals surface area contributed by atoms with E-state index in [0.29, 0.717) is 11.7 Å². The number of methoxy groups -OCH3 is 1. The first kappa shape index (κ1) is 9.92. The van der Waals surface area contributed by atoms with Gasteiger partial charge in [0.25, 0.3) is 0 Å². The van der Waals surface area contributed by atoms with Crippen LogP contribution in [0.5, 0.6) is 0 Å². The van der Waals surface area contributed by atoms with Crippen LogP contribution in [0, 0.1) is 0 Å². The van der Waals surface area contributed by atoms with E-state index >= 15 is 0 Å². The minimum absolute atomic E-state index is 0.423. The number of hydrogen-bond donors (Lipinski definition) is 0. The van der Waals surface area contributed by atoms with Crippen LogP contribution in [0.25, 0.3) is 6.08 Å². The normalized spacial score (nSPS) is 15.3. The van der Waals surface area contributed by atoms with Gasteiger partial charge in [-0.1, -0.05) is 18.7 Å². The van der Waals surface area contributed by atoms with Crippen molar-refractivity contribution in [3.8, 4) is 0 Å². The zero-order chi connectivity index (χ0) is 9.90. The van der Waals surface area contributed by atoms with E-state index in [2.05, 4.69) is 16.7 Å². The molecule has 1 rings (SSSR count). The van der Waals surface area contributed by atoms with Gasteiger partial charge in [0.05, 0.1) is 0 Å². The first-order chi connectivity index (χ1) is 6.16. The van der Waals surface area contributed by atoms with Crippen LogP contribution in [0.2, 0.25) is 0 Å². The van der Waals surface area contributed by atoms with Gasteiger partial charge in [-0.15, -0.1) is 0 Å². The minimum atomic E-state index is -0.467. The summed E-state index contributed by atoms with van der Waals surface area (Å²) in [5.41, 5.74) is -0.467. The molecule has 0 radical (unpaired) electrons. The maximum absolute atomic E-state index is 5.31. The predicted octanol–water partition coefficient (Wildman–Crippen LogP) is 1.98. The number of nitrogens with zero attached hydrogens (tertiary/aromatic N) is 2. The fourth-order valence-corrected chi connectivity index (χ4v) is 0.927. The average Bonchev–Trinajstić information content (AvgIpc) is 2.65. The van der Waals surface area contributed by atoms with Crippen molar-refractivity contribution in [2.45, 2.75) is 25.9 Å². The molecule has 0 saturated heterocycles. The Balaban J connectivity index is 2.98. The fraction of sp³-hybridized carbons (Fsp3) is 0.556. The van der Waals surface area contributed by atoms with Crippen LogP contribution in [0.1, 0.15) is 32.0 Å². The first-order valence-corrected chi connectivity index (χ1v) is 4.18. The lowest BCUT2D eigenvalue weighted by atomic mass is 10.0. The second-order valence-corrected chi connectivity index (χ2v) is 2.95. The van der Waals surface area contributed by atoms with Crippen molar-refractivity contribution in [2.75, 3.05) is 7.11 Å². The lowest BCUT2D eigenvalue weighted by Gasteiger charge is -2.21. The molecule has 72 valence electrons. The van der Waals surface area contributed by atoms with Gasteiger partial charge in [-0.25, -0.2) is 0 Å². The summed E-state index contributed by atoms with van der Waals surface area (Å²) in [6, 6.07) is 0. The summed E-state index contributed by atoms with van der Waals surface area (Å²) in [5.74, 6) is 0.985. The Morgan fingerprint density at radius 1 is 1.69 bits per heavy atom. The topological polar surface area (TPSA) is 48.2 Å². The molecule has 0 aromatic carbocycles. The molecule has 1 unspecified atom stereocenters. The molecule has 0 aliphatic carbocycles. The van der Waals surface area contributed by atoms with Gasteiger partial charge in [0, 0.05) is 7.11 Å². The molecule has 0 spiro atoms. The monoisotopic (exact) mass is 182 g/mol. The molecule has 0 amide bonds. The van der Waals surface area contributed by atoms with Gasteiger partial charge < -0.3 is 9.26 Å². The average molecular weight is 182 g/mol. The summed E-state index contributed by atoms with van der Waals surface area (Å²) in [6.07, 6.45) is 2.31. The van der Waals surface area contributed by atoms with Crippen molar-refractivity contribution < 1.29 is 9.26 Å². The molecule has 0 aliphatic rings. The molecule has 0 saturated carbocycles. The van der Waals surface area contributed by atoms with Gasteiger partial charge in [-0.3, -0.25) is 0 Å². The summed E-state index contributed by atoms with van der Waals surface area (Å²) in [7, 11) is 1.63. The number of ether oxygens (including phenoxy) is 1. The van der Waals surface area contributed by atoms with E-state index in [0.717, 1.165) is 6.42 Å². The van der Waals surface area contributed by atoms with E-state index in [9.17, 15) is 0 Å². The number of rotatable bonds is 4. The molecule has 1 atom stereocenters. The van der Waals surface area contributed by atoms with Gasteiger partial charge >= 0.3 is 0 Å². The lowest BCUT2D eigenvalue weighted by molar-refractivity contribution is -0.0106. The number of aromatic nitrogens is 2. The van der Waals surface area contributed by atoms with Gasteiger partial charge in [-0.05, 0) is 19.4 Å². The quantitative estimate of drug-likeness (QED) is 0.714. The van der Waals surface area contributed by atoms with E-state index in [-0.39, 0.29) is 0 Å². The molecule has 0 aliphatic heterocycles. The Kier molecular flexibility index (Phi) is 2.83. The highest BCUT2D eigenvalue weighted by Crippen LogP contribution is 2.25. The van der Waals surface area contributed by atoms with Crippen LogP contribution >= 0.6 is 0 Å². The standard InChI is InChI=1S/C9H14N2O2/c1-5-7-10-8(11-13-7)9(3,6-2)12-4/h5H,1,6H2,2-4H3. The zero-order valence-corrected chi connectivity index (χ0v) is 8.20. The van der Waals surface area contributed by atoms with Crippen LogP contribution < -0.4 is 0 Å². The van der Waals surface area contributed by atoms with Crippen molar-refractivity contribution in [2.24, 2.45) is 0 Å². The third-order valence-electron chi connectivity index (χ3n) is 2.21. The highest BCUT2D eigenvalue weighted by Gasteiger charge is 2.29. The molecule has 0 fully saturated rings. The lowest BCUT2D eigenvalue weighted by Crippen LogP contribution is -2.24. The van der Waals surface area contributed by atoms with E-state index in [1.807, 2.05) is 13.8 Å². The first-order valence-electron chi connectivity index (χ1n) is 4.18. The molecule has 1 heterocycles.